The normalized spacial score (nSPS) is 22.6. The summed E-state index contributed by atoms with van der Waals surface area (Å²) < 4.78 is 7.94. The molecule has 2 saturated heterocycles. The lowest BCUT2D eigenvalue weighted by Crippen LogP contribution is -2.46. The Balaban J connectivity index is 1.62. The summed E-state index contributed by atoms with van der Waals surface area (Å²) >= 11 is 6.83. The number of carbonyl (C=O) groups is 1. The molecule has 2 aliphatic rings. The van der Waals surface area contributed by atoms with E-state index in [2.05, 4.69) is 4.90 Å². The second-order valence-corrected chi connectivity index (χ2v) is 11.0. The second kappa shape index (κ2) is 9.80. The molecule has 2 aromatic heterocycles. The smallest absolute Gasteiger partial charge is 0.267 e. The quantitative estimate of drug-likeness (QED) is 0.369. The lowest BCUT2D eigenvalue weighted by Gasteiger charge is -2.36. The van der Waals surface area contributed by atoms with Crippen LogP contribution in [0.2, 0.25) is 0 Å². The fraction of sp³-hybridized carbons (Fsp3) is 0.333. The van der Waals surface area contributed by atoms with Crippen LogP contribution in [0.25, 0.3) is 11.7 Å². The van der Waals surface area contributed by atoms with Crippen molar-refractivity contribution >= 4 is 51.7 Å². The lowest BCUT2D eigenvalue weighted by atomic mass is 10.1. The standard InChI is InChI=1S/C27H28N4O3S2/c1-16-9-8-12-30-23(16)28-24(29-14-17(2)34-18(3)15-29)21(25(30)32)13-22-26(33)31(27(35)36-22)19(4)20-10-6-5-7-11-20/h5-13,17-19H,14-15H2,1-4H3/b22-13-/t17-,18+,19-/m1/s1. The molecule has 3 aromatic rings. The fourth-order valence-corrected chi connectivity index (χ4v) is 6.24. The molecule has 0 saturated carbocycles. The van der Waals surface area contributed by atoms with E-state index in [9.17, 15) is 9.59 Å². The Hall–Kier alpha value is -3.01. The van der Waals surface area contributed by atoms with E-state index in [0.29, 0.717) is 39.3 Å². The average Bonchev–Trinajstić information content (AvgIpc) is 3.13. The maximum absolute atomic E-state index is 13.8. The highest BCUT2D eigenvalue weighted by Crippen LogP contribution is 2.38. The SMILES string of the molecule is Cc1cccn2c(=O)c(/C=C3\SC(=S)N([C@H](C)c4ccccc4)C3=O)c(N3C[C@@H](C)O[C@@H](C)C3)nc12. The van der Waals surface area contributed by atoms with Crippen LogP contribution < -0.4 is 10.5 Å². The number of amides is 1. The van der Waals surface area contributed by atoms with Gasteiger partial charge in [-0.1, -0.05) is 60.4 Å². The highest BCUT2D eigenvalue weighted by Gasteiger charge is 2.37. The van der Waals surface area contributed by atoms with E-state index < -0.39 is 0 Å². The maximum atomic E-state index is 13.8. The van der Waals surface area contributed by atoms with Crippen molar-refractivity contribution in [2.24, 2.45) is 0 Å². The summed E-state index contributed by atoms with van der Waals surface area (Å²) in [7, 11) is 0. The van der Waals surface area contributed by atoms with Gasteiger partial charge in [0.05, 0.1) is 28.7 Å². The van der Waals surface area contributed by atoms with Crippen LogP contribution in [-0.4, -0.2) is 49.8 Å². The summed E-state index contributed by atoms with van der Waals surface area (Å²) in [6, 6.07) is 13.3. The number of fused-ring (bicyclic) bond motifs is 1. The summed E-state index contributed by atoms with van der Waals surface area (Å²) in [6.07, 6.45) is 3.36. The number of morpholine rings is 1. The molecule has 9 heteroatoms. The predicted molar refractivity (Wildman–Crippen MR) is 148 cm³/mol. The van der Waals surface area contributed by atoms with Gasteiger partial charge in [-0.25, -0.2) is 4.98 Å². The molecule has 0 N–H and O–H groups in total. The van der Waals surface area contributed by atoms with Gasteiger partial charge in [-0.3, -0.25) is 18.9 Å². The van der Waals surface area contributed by atoms with Crippen LogP contribution in [0.4, 0.5) is 5.82 Å². The number of aromatic nitrogens is 2. The molecule has 2 aliphatic heterocycles. The minimum absolute atomic E-state index is 0.0105. The van der Waals surface area contributed by atoms with Gasteiger partial charge in [0.1, 0.15) is 15.8 Å². The Labute approximate surface area is 219 Å². The third kappa shape index (κ3) is 4.47. The van der Waals surface area contributed by atoms with Crippen molar-refractivity contribution in [2.45, 2.75) is 45.9 Å². The Morgan fingerprint density at radius 3 is 2.50 bits per heavy atom. The number of hydrogen-bond acceptors (Lipinski definition) is 7. The van der Waals surface area contributed by atoms with Crippen LogP contribution in [0, 0.1) is 6.92 Å². The molecule has 0 aliphatic carbocycles. The first-order valence-electron chi connectivity index (χ1n) is 12.0. The van der Waals surface area contributed by atoms with Crippen molar-refractivity contribution in [1.29, 1.82) is 0 Å². The van der Waals surface area contributed by atoms with Gasteiger partial charge >= 0.3 is 0 Å². The largest absolute Gasteiger partial charge is 0.372 e. The fourth-order valence-electron chi connectivity index (χ4n) is 4.84. The molecule has 0 spiro atoms. The molecule has 186 valence electrons. The van der Waals surface area contributed by atoms with E-state index in [-0.39, 0.29) is 29.7 Å². The minimum atomic E-state index is -0.219. The molecule has 0 bridgehead atoms. The summed E-state index contributed by atoms with van der Waals surface area (Å²) in [6.45, 7) is 9.12. The van der Waals surface area contributed by atoms with Gasteiger partial charge < -0.3 is 9.64 Å². The number of rotatable bonds is 4. The van der Waals surface area contributed by atoms with E-state index >= 15 is 0 Å². The molecule has 0 unspecified atom stereocenters. The van der Waals surface area contributed by atoms with E-state index in [0.717, 1.165) is 11.1 Å². The molecule has 2 fully saturated rings. The van der Waals surface area contributed by atoms with Crippen LogP contribution >= 0.6 is 24.0 Å². The molecular weight excluding hydrogens is 492 g/mol. The van der Waals surface area contributed by atoms with Crippen LogP contribution in [0.3, 0.4) is 0 Å². The highest BCUT2D eigenvalue weighted by molar-refractivity contribution is 8.26. The van der Waals surface area contributed by atoms with Gasteiger partial charge in [0.25, 0.3) is 11.5 Å². The predicted octanol–water partition coefficient (Wildman–Crippen LogP) is 4.58. The van der Waals surface area contributed by atoms with E-state index in [4.69, 9.17) is 21.9 Å². The number of carbonyl (C=O) groups excluding carboxylic acids is 1. The molecular formula is C27H28N4O3S2. The molecule has 1 amide bonds. The summed E-state index contributed by atoms with van der Waals surface area (Å²) in [5.41, 5.74) is 2.67. The van der Waals surface area contributed by atoms with Crippen LogP contribution in [-0.2, 0) is 9.53 Å². The average molecular weight is 521 g/mol. The van der Waals surface area contributed by atoms with Crippen LogP contribution in [0.15, 0.2) is 58.4 Å². The first-order chi connectivity index (χ1) is 17.2. The molecule has 3 atom stereocenters. The molecule has 7 nitrogen and oxygen atoms in total. The van der Waals surface area contributed by atoms with Crippen molar-refractivity contribution in [3.8, 4) is 0 Å². The Morgan fingerprint density at radius 2 is 1.81 bits per heavy atom. The van der Waals surface area contributed by atoms with Gasteiger partial charge in [-0.2, -0.15) is 0 Å². The van der Waals surface area contributed by atoms with Crippen molar-refractivity contribution < 1.29 is 9.53 Å². The second-order valence-electron chi connectivity index (χ2n) is 9.34. The number of hydrogen-bond donors (Lipinski definition) is 0. The molecule has 4 heterocycles. The molecule has 36 heavy (non-hydrogen) atoms. The van der Waals surface area contributed by atoms with Crippen molar-refractivity contribution in [3.05, 3.63) is 80.6 Å². The Bertz CT molecular complexity index is 1430. The monoisotopic (exact) mass is 520 g/mol. The number of ether oxygens (including phenoxy) is 1. The van der Waals surface area contributed by atoms with Crippen LogP contribution in [0.5, 0.6) is 0 Å². The highest BCUT2D eigenvalue weighted by atomic mass is 32.2. The topological polar surface area (TPSA) is 67.2 Å². The number of nitrogens with zero attached hydrogens (tertiary/aromatic N) is 4. The van der Waals surface area contributed by atoms with Crippen molar-refractivity contribution in [1.82, 2.24) is 14.3 Å². The van der Waals surface area contributed by atoms with Gasteiger partial charge in [-0.15, -0.1) is 0 Å². The van der Waals surface area contributed by atoms with Gasteiger partial charge in [0.2, 0.25) is 0 Å². The minimum Gasteiger partial charge on any atom is -0.372 e. The zero-order chi connectivity index (χ0) is 25.6. The number of benzene rings is 1. The first-order valence-corrected chi connectivity index (χ1v) is 13.2. The zero-order valence-corrected chi connectivity index (χ0v) is 22.3. The van der Waals surface area contributed by atoms with Gasteiger partial charge in [0.15, 0.2) is 0 Å². The number of anilines is 1. The van der Waals surface area contributed by atoms with Crippen LogP contribution in [0.1, 0.15) is 43.5 Å². The third-order valence-electron chi connectivity index (χ3n) is 6.55. The van der Waals surface area contributed by atoms with Crippen molar-refractivity contribution in [3.63, 3.8) is 0 Å². The maximum Gasteiger partial charge on any atom is 0.267 e. The van der Waals surface area contributed by atoms with Crippen molar-refractivity contribution in [2.75, 3.05) is 18.0 Å². The number of thioether (sulfide) groups is 1. The van der Waals surface area contributed by atoms with Gasteiger partial charge in [-0.05, 0) is 51.0 Å². The number of thiocarbonyl (C=S) groups is 1. The molecule has 0 radical (unpaired) electrons. The Morgan fingerprint density at radius 1 is 1.11 bits per heavy atom. The number of aryl methyl sites for hydroxylation is 1. The third-order valence-corrected chi connectivity index (χ3v) is 7.88. The van der Waals surface area contributed by atoms with E-state index in [1.54, 1.807) is 21.6 Å². The van der Waals surface area contributed by atoms with E-state index in [1.807, 2.05) is 70.2 Å². The molecule has 5 rings (SSSR count). The van der Waals surface area contributed by atoms with E-state index in [1.165, 1.54) is 11.8 Å². The summed E-state index contributed by atoms with van der Waals surface area (Å²) in [4.78, 5) is 36.4. The molecule has 1 aromatic carbocycles. The number of pyridine rings is 1. The lowest BCUT2D eigenvalue weighted by molar-refractivity contribution is -0.123. The zero-order valence-electron chi connectivity index (χ0n) is 20.7. The van der Waals surface area contributed by atoms with Gasteiger partial charge in [0, 0.05) is 19.3 Å². The summed E-state index contributed by atoms with van der Waals surface area (Å²) in [5, 5.41) is 0. The first kappa shape index (κ1) is 24.7. The summed E-state index contributed by atoms with van der Waals surface area (Å²) in [5.74, 6) is 0.363. The Kier molecular flexibility index (Phi) is 6.72.